The third-order valence-electron chi connectivity index (χ3n) is 2.43. The largest absolute Gasteiger partial charge is 0.550 e. The van der Waals surface area contributed by atoms with E-state index in [1.165, 1.54) is 13.8 Å². The highest BCUT2D eigenvalue weighted by molar-refractivity contribution is 5.73. The first kappa shape index (κ1) is 9.35. The van der Waals surface area contributed by atoms with Crippen LogP contribution < -0.4 is 5.11 Å². The first-order valence-corrected chi connectivity index (χ1v) is 3.46. The predicted octanol–water partition coefficient (Wildman–Crippen LogP) is 0.571. The van der Waals surface area contributed by atoms with Crippen molar-refractivity contribution in [1.29, 1.82) is 0 Å². The molecule has 2 atom stereocenters. The van der Waals surface area contributed by atoms with Crippen molar-refractivity contribution < 1.29 is 23.1 Å². The van der Waals surface area contributed by atoms with Crippen molar-refractivity contribution in [3.05, 3.63) is 0 Å². The predicted molar refractivity (Wildman–Crippen MR) is 31.8 cm³/mol. The highest BCUT2D eigenvalue weighted by Gasteiger charge is 2.70. The third-order valence-corrected chi connectivity index (χ3v) is 2.43. The van der Waals surface area contributed by atoms with Crippen molar-refractivity contribution in [2.75, 3.05) is 0 Å². The van der Waals surface area contributed by atoms with Crippen molar-refractivity contribution in [3.8, 4) is 0 Å². The lowest BCUT2D eigenvalue weighted by molar-refractivity contribution is -0.310. The van der Waals surface area contributed by atoms with Gasteiger partial charge in [0, 0.05) is 11.9 Å². The maximum atomic E-state index is 12.1. The number of alkyl halides is 3. The van der Waals surface area contributed by atoms with Crippen LogP contribution in [0.2, 0.25) is 0 Å². The summed E-state index contributed by atoms with van der Waals surface area (Å²) >= 11 is 0. The van der Waals surface area contributed by atoms with E-state index in [9.17, 15) is 23.1 Å². The molecule has 0 aromatic carbocycles. The molecule has 0 aliphatic heterocycles. The van der Waals surface area contributed by atoms with E-state index in [4.69, 9.17) is 0 Å². The first-order valence-electron chi connectivity index (χ1n) is 3.46. The molecule has 1 saturated carbocycles. The van der Waals surface area contributed by atoms with Crippen LogP contribution in [0.5, 0.6) is 0 Å². The molecule has 0 radical (unpaired) electrons. The Labute approximate surface area is 67.4 Å². The van der Waals surface area contributed by atoms with Crippen LogP contribution in [-0.2, 0) is 4.79 Å². The normalized spacial score (nSPS) is 33.1. The average Bonchev–Trinajstić information content (AvgIpc) is 2.31. The van der Waals surface area contributed by atoms with Crippen LogP contribution in [-0.4, -0.2) is 12.1 Å². The maximum Gasteiger partial charge on any atom is 0.393 e. The monoisotopic (exact) mass is 181 g/mol. The second kappa shape index (κ2) is 2.14. The maximum absolute atomic E-state index is 12.1. The van der Waals surface area contributed by atoms with Gasteiger partial charge in [0.25, 0.3) is 0 Å². The standard InChI is InChI=1S/C7H9F3O2/c1-6(2)3(5(11)12)4(6)7(8,9)10/h3-4H,1-2H3,(H,11,12)/p-1/t3-,4?/m0/s1. The van der Waals surface area contributed by atoms with Gasteiger partial charge in [-0.2, -0.15) is 13.2 Å². The minimum atomic E-state index is -4.42. The highest BCUT2D eigenvalue weighted by atomic mass is 19.4. The molecule has 5 heteroatoms. The summed E-state index contributed by atoms with van der Waals surface area (Å²) in [5.41, 5.74) is -1.20. The Morgan fingerprint density at radius 3 is 1.92 bits per heavy atom. The third kappa shape index (κ3) is 1.17. The number of carbonyl (C=O) groups is 1. The summed E-state index contributed by atoms with van der Waals surface area (Å²) in [5, 5.41) is 10.2. The van der Waals surface area contributed by atoms with Crippen LogP contribution >= 0.6 is 0 Å². The van der Waals surface area contributed by atoms with Crippen LogP contribution in [0.3, 0.4) is 0 Å². The zero-order chi connectivity index (χ0) is 9.73. The molecule has 0 bridgehead atoms. The van der Waals surface area contributed by atoms with Gasteiger partial charge in [0.05, 0.1) is 5.92 Å². The van der Waals surface area contributed by atoms with Gasteiger partial charge in [-0.1, -0.05) is 13.8 Å². The van der Waals surface area contributed by atoms with Crippen molar-refractivity contribution in [2.45, 2.75) is 20.0 Å². The van der Waals surface area contributed by atoms with Crippen LogP contribution in [0, 0.1) is 17.3 Å². The molecule has 2 nitrogen and oxygen atoms in total. The second-order valence-corrected chi connectivity index (χ2v) is 3.64. The molecule has 0 heterocycles. The lowest BCUT2D eigenvalue weighted by atomic mass is 10.1. The number of hydrogen-bond acceptors (Lipinski definition) is 2. The van der Waals surface area contributed by atoms with E-state index < -0.39 is 29.4 Å². The fraction of sp³-hybridized carbons (Fsp3) is 0.857. The number of halogens is 3. The van der Waals surface area contributed by atoms with E-state index in [-0.39, 0.29) is 0 Å². The zero-order valence-corrected chi connectivity index (χ0v) is 6.61. The molecule has 0 saturated heterocycles. The molecule has 0 amide bonds. The molecule has 1 unspecified atom stereocenters. The number of aliphatic carboxylic acids is 1. The lowest BCUT2D eigenvalue weighted by Crippen LogP contribution is -2.28. The van der Waals surface area contributed by atoms with E-state index in [0.29, 0.717) is 0 Å². The highest BCUT2D eigenvalue weighted by Crippen LogP contribution is 2.64. The Bertz CT molecular complexity index is 219. The summed E-state index contributed by atoms with van der Waals surface area (Å²) < 4.78 is 36.2. The number of hydrogen-bond donors (Lipinski definition) is 0. The molecule has 12 heavy (non-hydrogen) atoms. The smallest absolute Gasteiger partial charge is 0.393 e. The molecule has 0 aromatic heterocycles. The minimum Gasteiger partial charge on any atom is -0.550 e. The molecule has 70 valence electrons. The Kier molecular flexibility index (Phi) is 1.67. The van der Waals surface area contributed by atoms with Gasteiger partial charge in [-0.05, 0) is 5.41 Å². The van der Waals surface area contributed by atoms with Gasteiger partial charge >= 0.3 is 6.18 Å². The summed E-state index contributed by atoms with van der Waals surface area (Å²) in [4.78, 5) is 10.2. The molecule has 0 N–H and O–H groups in total. The second-order valence-electron chi connectivity index (χ2n) is 3.64. The molecule has 1 rings (SSSR count). The van der Waals surface area contributed by atoms with Crippen LogP contribution in [0.15, 0.2) is 0 Å². The van der Waals surface area contributed by atoms with Gasteiger partial charge in [-0.15, -0.1) is 0 Å². The molecule has 0 spiro atoms. The Balaban J connectivity index is 2.80. The van der Waals surface area contributed by atoms with Crippen molar-refractivity contribution in [3.63, 3.8) is 0 Å². The van der Waals surface area contributed by atoms with E-state index in [2.05, 4.69) is 0 Å². The zero-order valence-electron chi connectivity index (χ0n) is 6.61. The molecule has 1 aliphatic carbocycles. The number of carboxylic acid groups (broad SMARTS) is 1. The number of carbonyl (C=O) groups excluding carboxylic acids is 1. The average molecular weight is 181 g/mol. The lowest BCUT2D eigenvalue weighted by Gasteiger charge is -2.06. The fourth-order valence-corrected chi connectivity index (χ4v) is 1.69. The summed E-state index contributed by atoms with van der Waals surface area (Å²) in [5.74, 6) is -4.73. The van der Waals surface area contributed by atoms with Gasteiger partial charge in [0.15, 0.2) is 0 Å². The molecule has 1 aliphatic rings. The Morgan fingerprint density at radius 2 is 1.83 bits per heavy atom. The van der Waals surface area contributed by atoms with E-state index >= 15 is 0 Å². The van der Waals surface area contributed by atoms with Crippen LogP contribution in [0.1, 0.15) is 13.8 Å². The van der Waals surface area contributed by atoms with E-state index in [1.807, 2.05) is 0 Å². The van der Waals surface area contributed by atoms with Gasteiger partial charge in [0.2, 0.25) is 0 Å². The fourth-order valence-electron chi connectivity index (χ4n) is 1.69. The summed E-state index contributed by atoms with van der Waals surface area (Å²) in [6, 6.07) is 0. The number of rotatable bonds is 1. The Hall–Kier alpha value is -0.740. The van der Waals surface area contributed by atoms with Crippen molar-refractivity contribution in [2.24, 2.45) is 17.3 Å². The molecule has 1 fully saturated rings. The quantitative estimate of drug-likeness (QED) is 0.593. The molecule has 0 aromatic rings. The van der Waals surface area contributed by atoms with Crippen LogP contribution in [0.4, 0.5) is 13.2 Å². The van der Waals surface area contributed by atoms with Gasteiger partial charge in [-0.25, -0.2) is 0 Å². The van der Waals surface area contributed by atoms with Crippen molar-refractivity contribution in [1.82, 2.24) is 0 Å². The van der Waals surface area contributed by atoms with E-state index in [0.717, 1.165) is 0 Å². The number of carboxylic acids is 1. The summed E-state index contributed by atoms with van der Waals surface area (Å²) in [7, 11) is 0. The van der Waals surface area contributed by atoms with Crippen LogP contribution in [0.25, 0.3) is 0 Å². The first-order chi connectivity index (χ1) is 5.19. The molecular formula is C7H8F3O2-. The SMILES string of the molecule is CC1(C)C(C(F)(F)F)[C@H]1C(=O)[O-]. The van der Waals surface area contributed by atoms with Gasteiger partial charge < -0.3 is 9.90 Å². The van der Waals surface area contributed by atoms with Crippen molar-refractivity contribution >= 4 is 5.97 Å². The Morgan fingerprint density at radius 1 is 1.42 bits per heavy atom. The molecular weight excluding hydrogens is 173 g/mol. The van der Waals surface area contributed by atoms with Gasteiger partial charge in [0.1, 0.15) is 0 Å². The van der Waals surface area contributed by atoms with Gasteiger partial charge in [-0.3, -0.25) is 0 Å². The van der Waals surface area contributed by atoms with E-state index in [1.54, 1.807) is 0 Å². The summed E-state index contributed by atoms with van der Waals surface area (Å²) in [6.45, 7) is 2.57. The minimum absolute atomic E-state index is 1.20. The topological polar surface area (TPSA) is 40.1 Å². The summed E-state index contributed by atoms with van der Waals surface area (Å²) in [6.07, 6.45) is -4.42.